The van der Waals surface area contributed by atoms with E-state index in [9.17, 15) is 19.5 Å². The molecule has 0 bridgehead atoms. The van der Waals surface area contributed by atoms with Gasteiger partial charge in [-0.25, -0.2) is 9.59 Å². The molecule has 0 aliphatic carbocycles. The highest BCUT2D eigenvalue weighted by Crippen LogP contribution is 2.23. The van der Waals surface area contributed by atoms with Crippen molar-refractivity contribution in [1.82, 2.24) is 5.32 Å². The fourth-order valence-corrected chi connectivity index (χ4v) is 3.21. The number of carbonyl (C=O) groups is 2. The van der Waals surface area contributed by atoms with E-state index in [4.69, 9.17) is 9.15 Å². The molecule has 0 aliphatic heterocycles. The zero-order chi connectivity index (χ0) is 21.5. The quantitative estimate of drug-likeness (QED) is 0.527. The third-order valence-electron chi connectivity index (χ3n) is 4.61. The Morgan fingerprint density at radius 1 is 1.13 bits per heavy atom. The Labute approximate surface area is 173 Å². The summed E-state index contributed by atoms with van der Waals surface area (Å²) in [5, 5.41) is 12.7. The standard InChI is InChI=1S/C23H23NO6/c1-2-6-16-12-22(26)30-20-13-17(9-10-18(16)20)29-14-21(25)24-19(23(27)28)11-15-7-4-3-5-8-15/h3-5,7-10,12-13,19H,2,6,11,14H2,1H3,(H,24,25)(H,27,28)/t19-/m0/s1. The number of nitrogens with one attached hydrogen (secondary N) is 1. The molecular formula is C23H23NO6. The van der Waals surface area contributed by atoms with Crippen molar-refractivity contribution in [2.24, 2.45) is 0 Å². The molecule has 2 N–H and O–H groups in total. The third kappa shape index (κ3) is 5.47. The van der Waals surface area contributed by atoms with Gasteiger partial charge in [0, 0.05) is 23.9 Å². The molecule has 7 heteroatoms. The average Bonchev–Trinajstić information content (AvgIpc) is 2.72. The van der Waals surface area contributed by atoms with Gasteiger partial charge in [0.1, 0.15) is 17.4 Å². The molecule has 7 nitrogen and oxygen atoms in total. The van der Waals surface area contributed by atoms with Gasteiger partial charge < -0.3 is 19.6 Å². The number of rotatable bonds is 9. The first kappa shape index (κ1) is 21.1. The summed E-state index contributed by atoms with van der Waals surface area (Å²) in [5.74, 6) is -1.33. The largest absolute Gasteiger partial charge is 0.484 e. The second kappa shape index (κ2) is 9.73. The summed E-state index contributed by atoms with van der Waals surface area (Å²) >= 11 is 0. The van der Waals surface area contributed by atoms with E-state index in [1.807, 2.05) is 25.1 Å². The normalized spacial score (nSPS) is 11.8. The first-order chi connectivity index (χ1) is 14.5. The number of aryl methyl sites for hydroxylation is 1. The molecule has 0 saturated carbocycles. The summed E-state index contributed by atoms with van der Waals surface area (Å²) in [4.78, 5) is 35.4. The van der Waals surface area contributed by atoms with Crippen LogP contribution in [0, 0.1) is 0 Å². The average molecular weight is 409 g/mol. The molecule has 0 unspecified atom stereocenters. The van der Waals surface area contributed by atoms with Crippen LogP contribution < -0.4 is 15.7 Å². The van der Waals surface area contributed by atoms with Gasteiger partial charge in [0.15, 0.2) is 6.61 Å². The Balaban J connectivity index is 1.65. The molecule has 0 aliphatic rings. The second-order valence-electron chi connectivity index (χ2n) is 6.94. The van der Waals surface area contributed by atoms with Crippen LogP contribution >= 0.6 is 0 Å². The van der Waals surface area contributed by atoms with Crippen molar-refractivity contribution in [3.05, 3.63) is 76.1 Å². The molecule has 30 heavy (non-hydrogen) atoms. The van der Waals surface area contributed by atoms with Crippen LogP contribution in [0.25, 0.3) is 11.0 Å². The molecule has 0 saturated heterocycles. The topological polar surface area (TPSA) is 106 Å². The first-order valence-electron chi connectivity index (χ1n) is 9.72. The Morgan fingerprint density at radius 2 is 1.90 bits per heavy atom. The van der Waals surface area contributed by atoms with E-state index < -0.39 is 23.5 Å². The minimum atomic E-state index is -1.12. The first-order valence-corrected chi connectivity index (χ1v) is 9.72. The number of amides is 1. The zero-order valence-electron chi connectivity index (χ0n) is 16.6. The Morgan fingerprint density at radius 3 is 2.60 bits per heavy atom. The highest BCUT2D eigenvalue weighted by molar-refractivity contribution is 5.85. The molecule has 3 aromatic rings. The predicted molar refractivity (Wildman–Crippen MR) is 112 cm³/mol. The van der Waals surface area contributed by atoms with Crippen LogP contribution in [0.5, 0.6) is 5.75 Å². The monoisotopic (exact) mass is 409 g/mol. The van der Waals surface area contributed by atoms with Gasteiger partial charge in [-0.3, -0.25) is 4.79 Å². The summed E-state index contributed by atoms with van der Waals surface area (Å²) in [6.45, 7) is 1.67. The van der Waals surface area contributed by atoms with E-state index in [0.29, 0.717) is 11.3 Å². The molecule has 1 atom stereocenters. The van der Waals surface area contributed by atoms with Crippen LogP contribution in [0.15, 0.2) is 63.8 Å². The van der Waals surface area contributed by atoms with Gasteiger partial charge in [-0.2, -0.15) is 0 Å². The Bertz CT molecular complexity index is 1090. The molecule has 1 heterocycles. The minimum absolute atomic E-state index is 0.170. The molecule has 0 fully saturated rings. The predicted octanol–water partition coefficient (Wildman–Crippen LogP) is 2.94. The maximum Gasteiger partial charge on any atom is 0.336 e. The van der Waals surface area contributed by atoms with Gasteiger partial charge in [0.25, 0.3) is 5.91 Å². The van der Waals surface area contributed by atoms with Crippen LogP contribution in [0.1, 0.15) is 24.5 Å². The van der Waals surface area contributed by atoms with Crippen molar-refractivity contribution >= 4 is 22.8 Å². The fourth-order valence-electron chi connectivity index (χ4n) is 3.21. The Hall–Kier alpha value is -3.61. The van der Waals surface area contributed by atoms with Crippen molar-refractivity contribution < 1.29 is 23.8 Å². The van der Waals surface area contributed by atoms with Crippen molar-refractivity contribution in [3.63, 3.8) is 0 Å². The number of ether oxygens (including phenoxy) is 1. The van der Waals surface area contributed by atoms with E-state index in [2.05, 4.69) is 5.32 Å². The lowest BCUT2D eigenvalue weighted by Crippen LogP contribution is -2.44. The summed E-state index contributed by atoms with van der Waals surface area (Å²) in [5.41, 5.74) is 1.65. The summed E-state index contributed by atoms with van der Waals surface area (Å²) in [7, 11) is 0. The molecule has 3 rings (SSSR count). The number of carboxylic acid groups (broad SMARTS) is 1. The molecule has 0 spiro atoms. The van der Waals surface area contributed by atoms with E-state index in [-0.39, 0.29) is 13.0 Å². The molecule has 0 radical (unpaired) electrons. The zero-order valence-corrected chi connectivity index (χ0v) is 16.6. The van der Waals surface area contributed by atoms with E-state index >= 15 is 0 Å². The minimum Gasteiger partial charge on any atom is -0.484 e. The third-order valence-corrected chi connectivity index (χ3v) is 4.61. The lowest BCUT2D eigenvalue weighted by molar-refractivity contribution is -0.142. The van der Waals surface area contributed by atoms with Crippen LogP contribution in [-0.4, -0.2) is 29.6 Å². The lowest BCUT2D eigenvalue weighted by Gasteiger charge is -2.15. The summed E-state index contributed by atoms with van der Waals surface area (Å²) < 4.78 is 10.7. The van der Waals surface area contributed by atoms with E-state index in [0.717, 1.165) is 29.4 Å². The van der Waals surface area contributed by atoms with Crippen molar-refractivity contribution in [1.29, 1.82) is 0 Å². The Kier molecular flexibility index (Phi) is 6.85. The van der Waals surface area contributed by atoms with Gasteiger partial charge >= 0.3 is 11.6 Å². The van der Waals surface area contributed by atoms with Gasteiger partial charge in [0.05, 0.1) is 0 Å². The smallest absolute Gasteiger partial charge is 0.336 e. The number of fused-ring (bicyclic) bond motifs is 1. The van der Waals surface area contributed by atoms with E-state index in [1.165, 1.54) is 6.07 Å². The lowest BCUT2D eigenvalue weighted by atomic mass is 10.1. The van der Waals surface area contributed by atoms with Gasteiger partial charge in [-0.1, -0.05) is 43.7 Å². The number of benzene rings is 2. The van der Waals surface area contributed by atoms with Gasteiger partial charge in [0.2, 0.25) is 0 Å². The summed E-state index contributed by atoms with van der Waals surface area (Å²) in [6.07, 6.45) is 1.82. The maximum absolute atomic E-state index is 12.2. The molecular weight excluding hydrogens is 386 g/mol. The number of carbonyl (C=O) groups excluding carboxylic acids is 1. The molecule has 2 aromatic carbocycles. The number of hydrogen-bond acceptors (Lipinski definition) is 5. The van der Waals surface area contributed by atoms with Gasteiger partial charge in [-0.15, -0.1) is 0 Å². The number of hydrogen-bond donors (Lipinski definition) is 2. The maximum atomic E-state index is 12.2. The van der Waals surface area contributed by atoms with Crippen LogP contribution in [-0.2, 0) is 22.4 Å². The fraction of sp³-hybridized carbons (Fsp3) is 0.261. The van der Waals surface area contributed by atoms with Crippen LogP contribution in [0.3, 0.4) is 0 Å². The van der Waals surface area contributed by atoms with Crippen LogP contribution in [0.4, 0.5) is 0 Å². The summed E-state index contributed by atoms with van der Waals surface area (Å²) in [6, 6.07) is 14.5. The van der Waals surface area contributed by atoms with Crippen molar-refractivity contribution in [3.8, 4) is 5.75 Å². The number of aliphatic carboxylic acids is 1. The molecule has 1 amide bonds. The molecule has 156 valence electrons. The highest BCUT2D eigenvalue weighted by Gasteiger charge is 2.20. The van der Waals surface area contributed by atoms with Crippen LogP contribution in [0.2, 0.25) is 0 Å². The van der Waals surface area contributed by atoms with Crippen molar-refractivity contribution in [2.75, 3.05) is 6.61 Å². The highest BCUT2D eigenvalue weighted by atomic mass is 16.5. The van der Waals surface area contributed by atoms with Crippen molar-refractivity contribution in [2.45, 2.75) is 32.2 Å². The number of carboxylic acids is 1. The second-order valence-corrected chi connectivity index (χ2v) is 6.94. The van der Waals surface area contributed by atoms with E-state index in [1.54, 1.807) is 30.3 Å². The molecule has 1 aromatic heterocycles. The van der Waals surface area contributed by atoms with Gasteiger partial charge in [-0.05, 0) is 29.7 Å². The SMILES string of the molecule is CCCc1cc(=O)oc2cc(OCC(=O)N[C@@H](Cc3ccccc3)C(=O)O)ccc12.